The second-order valence-corrected chi connectivity index (χ2v) is 8.56. The van der Waals surface area contributed by atoms with E-state index in [-0.39, 0.29) is 19.1 Å². The molecule has 2 fully saturated rings. The van der Waals surface area contributed by atoms with Crippen LogP contribution < -0.4 is 21.7 Å². The van der Waals surface area contributed by atoms with Gasteiger partial charge in [-0.2, -0.15) is 0 Å². The number of guanidine groups is 1. The molecule has 7 N–H and O–H groups in total. The number of aliphatic imine (C=N–C) groups is 1. The van der Waals surface area contributed by atoms with Crippen LogP contribution in [0.3, 0.4) is 0 Å². The highest BCUT2D eigenvalue weighted by molar-refractivity contribution is 6.76. The number of halogens is 3. The Morgan fingerprint density at radius 2 is 2.15 bits per heavy atom. The first-order chi connectivity index (χ1) is 12.5. The molecule has 2 amide bonds. The number of aliphatic hydroxyl groups excluding tert-OH is 2. The van der Waals surface area contributed by atoms with Gasteiger partial charge in [0.2, 0.25) is 5.96 Å². The van der Waals surface area contributed by atoms with Crippen LogP contribution in [0.1, 0.15) is 0 Å². The molecule has 0 unspecified atom stereocenters. The number of alkyl halides is 3. The lowest BCUT2D eigenvalue weighted by Gasteiger charge is -2.47. The minimum Gasteiger partial charge on any atom is -0.447 e. The molecule has 0 bridgehead atoms. The molecule has 0 radical (unpaired) electrons. The molecule has 3 rings (SSSR count). The minimum atomic E-state index is -2.27. The van der Waals surface area contributed by atoms with E-state index in [1.807, 2.05) is 0 Å². The summed E-state index contributed by atoms with van der Waals surface area (Å²) in [5, 5.41) is 29.2. The van der Waals surface area contributed by atoms with Gasteiger partial charge in [-0.05, 0) is 0 Å². The number of hydrogen-bond donors (Lipinski definition) is 6. The van der Waals surface area contributed by atoms with Crippen LogP contribution in [0.15, 0.2) is 17.4 Å². The van der Waals surface area contributed by atoms with Crippen LogP contribution in [-0.2, 0) is 9.53 Å². The summed E-state index contributed by atoms with van der Waals surface area (Å²) >= 11 is 16.8. The zero-order valence-corrected chi connectivity index (χ0v) is 15.9. The topological polar surface area (TPSA) is 162 Å². The van der Waals surface area contributed by atoms with Gasteiger partial charge in [-0.1, -0.05) is 41.4 Å². The average Bonchev–Trinajstić information content (AvgIpc) is 3.02. The Morgan fingerprint density at radius 1 is 1.48 bits per heavy atom. The molecule has 0 saturated carbocycles. The molecule has 27 heavy (non-hydrogen) atoms. The van der Waals surface area contributed by atoms with Crippen LogP contribution in [-0.4, -0.2) is 80.0 Å². The maximum Gasteiger partial charge on any atom is 0.404 e. The van der Waals surface area contributed by atoms with Gasteiger partial charge in [0.15, 0.2) is 5.66 Å². The van der Waals surface area contributed by atoms with Gasteiger partial charge in [-0.15, -0.1) is 0 Å². The van der Waals surface area contributed by atoms with Crippen LogP contribution in [0, 0.1) is 0 Å². The number of nitrogens with zero attached hydrogens (tertiary/aromatic N) is 2. The molecule has 5 atom stereocenters. The Labute approximate surface area is 168 Å². The van der Waals surface area contributed by atoms with Crippen molar-refractivity contribution in [1.82, 2.24) is 20.9 Å². The van der Waals surface area contributed by atoms with Crippen LogP contribution in [0.4, 0.5) is 4.79 Å². The summed E-state index contributed by atoms with van der Waals surface area (Å²) in [6.45, 7) is 3.42. The fourth-order valence-electron chi connectivity index (χ4n) is 3.56. The Morgan fingerprint density at radius 3 is 2.74 bits per heavy atom. The summed E-state index contributed by atoms with van der Waals surface area (Å²) in [7, 11) is 0. The lowest BCUT2D eigenvalue weighted by molar-refractivity contribution is -0.119. The smallest absolute Gasteiger partial charge is 0.404 e. The second-order valence-electron chi connectivity index (χ2n) is 6.28. The van der Waals surface area contributed by atoms with E-state index in [1.165, 1.54) is 4.90 Å². The maximum absolute atomic E-state index is 12.1. The lowest BCUT2D eigenvalue weighted by Crippen LogP contribution is -2.73. The van der Waals surface area contributed by atoms with Crippen LogP contribution >= 0.6 is 34.8 Å². The summed E-state index contributed by atoms with van der Waals surface area (Å²) in [5.41, 5.74) is 3.68. The zero-order valence-electron chi connectivity index (χ0n) is 13.7. The summed E-state index contributed by atoms with van der Waals surface area (Å²) in [6, 6.07) is -1.49. The first-order valence-electron chi connectivity index (χ1n) is 7.72. The third-order valence-corrected chi connectivity index (χ3v) is 5.11. The number of rotatable bonds is 2. The van der Waals surface area contributed by atoms with E-state index >= 15 is 0 Å². The van der Waals surface area contributed by atoms with Gasteiger partial charge in [-0.25, -0.2) is 9.79 Å². The van der Waals surface area contributed by atoms with Crippen LogP contribution in [0.2, 0.25) is 0 Å². The highest BCUT2D eigenvalue weighted by Crippen LogP contribution is 2.40. The third-order valence-electron chi connectivity index (χ3n) is 4.59. The van der Waals surface area contributed by atoms with Gasteiger partial charge < -0.3 is 36.2 Å². The lowest BCUT2D eigenvalue weighted by atomic mass is 9.89. The first-order valence-corrected chi connectivity index (χ1v) is 8.85. The first kappa shape index (κ1) is 20.1. The number of primary amides is 1. The standard InChI is InChI=1S/C13H17Cl3N6O5/c1-4-18-7-5(3-27-10(17)26)19-11(20-9(25)13(14,15)16)22-2-6(23)8(24)12(7,22)21-4/h5-8,18,21,23-24H,1-3H2,(H2,17,26)(H,19,20,25)/t5-,6+,7-,8+,12-/m0/s1. The van der Waals surface area contributed by atoms with E-state index in [1.54, 1.807) is 0 Å². The second kappa shape index (κ2) is 6.74. The highest BCUT2D eigenvalue weighted by Gasteiger charge is 2.66. The van der Waals surface area contributed by atoms with E-state index < -0.39 is 45.7 Å². The Kier molecular flexibility index (Phi) is 5.02. The van der Waals surface area contributed by atoms with E-state index in [0.29, 0.717) is 5.82 Å². The van der Waals surface area contributed by atoms with Gasteiger partial charge in [0.1, 0.15) is 24.9 Å². The molecule has 11 nitrogen and oxygen atoms in total. The molecule has 2 saturated heterocycles. The Hall–Kier alpha value is -1.66. The monoisotopic (exact) mass is 442 g/mol. The molecule has 0 aliphatic carbocycles. The molecule has 150 valence electrons. The van der Waals surface area contributed by atoms with Gasteiger partial charge in [0, 0.05) is 0 Å². The Bertz CT molecular complexity index is 715. The van der Waals surface area contributed by atoms with Crippen molar-refractivity contribution >= 4 is 52.8 Å². The normalized spacial score (nSPS) is 34.8. The molecular weight excluding hydrogens is 427 g/mol. The number of amides is 2. The third kappa shape index (κ3) is 3.34. The number of nitrogens with one attached hydrogen (secondary N) is 3. The summed E-state index contributed by atoms with van der Waals surface area (Å²) in [5.74, 6) is -0.735. The fourth-order valence-corrected chi connectivity index (χ4v) is 3.70. The maximum atomic E-state index is 12.1. The number of hydrogen-bond acceptors (Lipinski definition) is 9. The largest absolute Gasteiger partial charge is 0.447 e. The quantitative estimate of drug-likeness (QED) is 0.269. The molecule has 3 aliphatic heterocycles. The van der Waals surface area contributed by atoms with E-state index in [0.717, 1.165) is 0 Å². The molecule has 0 aromatic rings. The summed E-state index contributed by atoms with van der Waals surface area (Å²) < 4.78 is 2.56. The highest BCUT2D eigenvalue weighted by atomic mass is 35.6. The molecule has 3 aliphatic rings. The van der Waals surface area contributed by atoms with Crippen molar-refractivity contribution < 1.29 is 24.5 Å². The van der Waals surface area contributed by atoms with Crippen LogP contribution in [0.5, 0.6) is 0 Å². The number of nitrogens with two attached hydrogens (primary N) is 1. The van der Waals surface area contributed by atoms with Crippen molar-refractivity contribution in [1.29, 1.82) is 0 Å². The predicted octanol–water partition coefficient (Wildman–Crippen LogP) is -1.93. The van der Waals surface area contributed by atoms with Crippen LogP contribution in [0.25, 0.3) is 0 Å². The molecule has 1 spiro atoms. The van der Waals surface area contributed by atoms with Crippen molar-refractivity contribution in [2.24, 2.45) is 10.7 Å². The zero-order chi connectivity index (χ0) is 20.1. The summed E-state index contributed by atoms with van der Waals surface area (Å²) in [6.07, 6.45) is -3.51. The summed E-state index contributed by atoms with van der Waals surface area (Å²) in [4.78, 5) is 28.9. The van der Waals surface area contributed by atoms with Crippen molar-refractivity contribution in [3.63, 3.8) is 0 Å². The van der Waals surface area contributed by atoms with Crippen molar-refractivity contribution in [2.75, 3.05) is 13.2 Å². The van der Waals surface area contributed by atoms with E-state index in [2.05, 4.69) is 27.5 Å². The Balaban J connectivity index is 2.01. The van der Waals surface area contributed by atoms with E-state index in [4.69, 9.17) is 45.3 Å². The average molecular weight is 444 g/mol. The van der Waals surface area contributed by atoms with Gasteiger partial charge in [0.25, 0.3) is 9.70 Å². The molecule has 0 aromatic heterocycles. The SMILES string of the molecule is C=C1N[C@H]2[C@H](COC(N)=O)N=C(NC(=O)C(Cl)(Cl)Cl)N3C[C@@H](O)[C@@H](O)[C@]23N1. The van der Waals surface area contributed by atoms with Gasteiger partial charge in [-0.3, -0.25) is 10.1 Å². The number of carbonyl (C=O) groups excluding carboxylic acids is 2. The van der Waals surface area contributed by atoms with Crippen molar-refractivity contribution in [2.45, 2.75) is 33.7 Å². The van der Waals surface area contributed by atoms with Gasteiger partial charge >= 0.3 is 6.09 Å². The predicted molar refractivity (Wildman–Crippen MR) is 95.8 cm³/mol. The number of carbonyl (C=O) groups is 2. The van der Waals surface area contributed by atoms with Crippen molar-refractivity contribution in [3.05, 3.63) is 12.4 Å². The number of aliphatic hydroxyl groups is 2. The number of ether oxygens (including phenoxy) is 1. The molecule has 3 heterocycles. The van der Waals surface area contributed by atoms with Gasteiger partial charge in [0.05, 0.1) is 18.4 Å². The van der Waals surface area contributed by atoms with Crippen molar-refractivity contribution in [3.8, 4) is 0 Å². The molecular formula is C13H17Cl3N6O5. The molecule has 14 heteroatoms. The fraction of sp³-hybridized carbons (Fsp3) is 0.615. The van der Waals surface area contributed by atoms with E-state index in [9.17, 15) is 19.8 Å². The minimum absolute atomic E-state index is 0.0814. The molecule has 0 aromatic carbocycles.